The van der Waals surface area contributed by atoms with Gasteiger partial charge < -0.3 is 4.74 Å². The number of halogens is 1. The fourth-order valence-electron chi connectivity index (χ4n) is 2.46. The Balaban J connectivity index is 1.89. The molecule has 0 aromatic heterocycles. The van der Waals surface area contributed by atoms with E-state index < -0.39 is 0 Å². The normalized spacial score (nSPS) is 12.9. The first-order chi connectivity index (χ1) is 9.63. The first-order valence-electron chi connectivity index (χ1n) is 6.67. The van der Waals surface area contributed by atoms with Crippen molar-refractivity contribution in [1.29, 1.82) is 0 Å². The smallest absolute Gasteiger partial charge is 0.171 e. The van der Waals surface area contributed by atoms with E-state index in [0.717, 1.165) is 17.5 Å². The van der Waals surface area contributed by atoms with E-state index in [1.807, 2.05) is 37.3 Å². The molecule has 2 aromatic rings. The van der Waals surface area contributed by atoms with E-state index in [9.17, 15) is 4.79 Å². The number of aryl methyl sites for hydroxylation is 1. The Morgan fingerprint density at radius 2 is 2.00 bits per heavy atom. The summed E-state index contributed by atoms with van der Waals surface area (Å²) in [6.45, 7) is 2.66. The van der Waals surface area contributed by atoms with Crippen LogP contribution in [0.25, 0.3) is 0 Å². The molecule has 0 saturated carbocycles. The molecule has 102 valence electrons. The summed E-state index contributed by atoms with van der Waals surface area (Å²) in [5.41, 5.74) is 3.83. The average molecular weight is 287 g/mol. The van der Waals surface area contributed by atoms with Gasteiger partial charge in [0.05, 0.1) is 12.2 Å². The summed E-state index contributed by atoms with van der Waals surface area (Å²) in [7, 11) is 0. The molecule has 1 aliphatic heterocycles. The highest BCUT2D eigenvalue weighted by Crippen LogP contribution is 2.33. The number of carbonyl (C=O) groups is 1. The SMILES string of the molecule is Cc1ccc(CC(=O)c2cc(Cl)cc3c2OCC3)cc1. The van der Waals surface area contributed by atoms with Crippen LogP contribution in [0.4, 0.5) is 0 Å². The highest BCUT2D eigenvalue weighted by molar-refractivity contribution is 6.31. The number of hydrogen-bond donors (Lipinski definition) is 0. The summed E-state index contributed by atoms with van der Waals surface area (Å²) in [6, 6.07) is 11.6. The number of rotatable bonds is 3. The van der Waals surface area contributed by atoms with Gasteiger partial charge >= 0.3 is 0 Å². The van der Waals surface area contributed by atoms with Crippen molar-refractivity contribution in [3.63, 3.8) is 0 Å². The molecular weight excluding hydrogens is 272 g/mol. The lowest BCUT2D eigenvalue weighted by atomic mass is 9.99. The third kappa shape index (κ3) is 2.56. The second kappa shape index (κ2) is 5.29. The summed E-state index contributed by atoms with van der Waals surface area (Å²) in [5, 5.41) is 0.599. The monoisotopic (exact) mass is 286 g/mol. The van der Waals surface area contributed by atoms with E-state index in [1.54, 1.807) is 6.07 Å². The third-order valence-electron chi connectivity index (χ3n) is 3.53. The molecule has 3 rings (SSSR count). The Bertz CT molecular complexity index is 659. The molecule has 0 spiro atoms. The second-order valence-corrected chi connectivity index (χ2v) is 5.56. The Hall–Kier alpha value is -1.80. The van der Waals surface area contributed by atoms with E-state index in [2.05, 4.69) is 0 Å². The molecule has 0 unspecified atom stereocenters. The molecule has 0 saturated heterocycles. The largest absolute Gasteiger partial charge is 0.492 e. The summed E-state index contributed by atoms with van der Waals surface area (Å²) in [4.78, 5) is 12.5. The lowest BCUT2D eigenvalue weighted by molar-refractivity contribution is 0.0990. The van der Waals surface area contributed by atoms with Crippen LogP contribution in [0.2, 0.25) is 5.02 Å². The zero-order valence-corrected chi connectivity index (χ0v) is 12.0. The molecule has 1 aliphatic rings. The molecule has 0 fully saturated rings. The zero-order valence-electron chi connectivity index (χ0n) is 11.3. The van der Waals surface area contributed by atoms with Gasteiger partial charge in [-0.1, -0.05) is 41.4 Å². The number of Topliss-reactive ketones (excluding diaryl/α,β-unsaturated/α-hetero) is 1. The van der Waals surface area contributed by atoms with Crippen LogP contribution in [0.15, 0.2) is 36.4 Å². The number of ether oxygens (including phenoxy) is 1. The van der Waals surface area contributed by atoms with Crippen LogP contribution < -0.4 is 4.74 Å². The second-order valence-electron chi connectivity index (χ2n) is 5.13. The summed E-state index contributed by atoms with van der Waals surface area (Å²) in [6.07, 6.45) is 1.19. The molecule has 3 heteroatoms. The van der Waals surface area contributed by atoms with Crippen LogP contribution in [0.5, 0.6) is 5.75 Å². The molecule has 0 aliphatic carbocycles. The Kier molecular flexibility index (Phi) is 3.49. The van der Waals surface area contributed by atoms with Gasteiger partial charge in [-0.25, -0.2) is 0 Å². The molecular formula is C17H15ClO2. The lowest BCUT2D eigenvalue weighted by Gasteiger charge is -2.08. The van der Waals surface area contributed by atoms with Crippen LogP contribution >= 0.6 is 11.6 Å². The molecule has 0 radical (unpaired) electrons. The van der Waals surface area contributed by atoms with Gasteiger partial charge in [0, 0.05) is 17.9 Å². The minimum absolute atomic E-state index is 0.0505. The van der Waals surface area contributed by atoms with Gasteiger partial charge in [0.25, 0.3) is 0 Å². The molecule has 20 heavy (non-hydrogen) atoms. The van der Waals surface area contributed by atoms with E-state index in [0.29, 0.717) is 29.4 Å². The predicted molar refractivity (Wildman–Crippen MR) is 79.9 cm³/mol. The number of fused-ring (bicyclic) bond motifs is 1. The van der Waals surface area contributed by atoms with Gasteiger partial charge in [0.15, 0.2) is 5.78 Å². The molecule has 2 nitrogen and oxygen atoms in total. The predicted octanol–water partition coefficient (Wildman–Crippen LogP) is 4.01. The lowest BCUT2D eigenvalue weighted by Crippen LogP contribution is -2.06. The average Bonchev–Trinajstić information content (AvgIpc) is 2.88. The van der Waals surface area contributed by atoms with Gasteiger partial charge in [-0.05, 0) is 30.2 Å². The van der Waals surface area contributed by atoms with Crippen molar-refractivity contribution in [2.75, 3.05) is 6.61 Å². The molecule has 2 aromatic carbocycles. The van der Waals surface area contributed by atoms with E-state index in [4.69, 9.17) is 16.3 Å². The van der Waals surface area contributed by atoms with Crippen LogP contribution in [0, 0.1) is 6.92 Å². The minimum Gasteiger partial charge on any atom is -0.492 e. The van der Waals surface area contributed by atoms with Crippen LogP contribution in [-0.2, 0) is 12.8 Å². The van der Waals surface area contributed by atoms with E-state index in [1.165, 1.54) is 5.56 Å². The number of carbonyl (C=O) groups excluding carboxylic acids is 1. The number of ketones is 1. The van der Waals surface area contributed by atoms with Gasteiger partial charge in [-0.15, -0.1) is 0 Å². The molecule has 0 bridgehead atoms. The first kappa shape index (κ1) is 13.2. The van der Waals surface area contributed by atoms with Crippen molar-refractivity contribution in [3.8, 4) is 5.75 Å². The van der Waals surface area contributed by atoms with Gasteiger partial charge in [0.2, 0.25) is 0 Å². The zero-order chi connectivity index (χ0) is 14.1. The minimum atomic E-state index is 0.0505. The van der Waals surface area contributed by atoms with Crippen molar-refractivity contribution in [2.45, 2.75) is 19.8 Å². The first-order valence-corrected chi connectivity index (χ1v) is 7.05. The van der Waals surface area contributed by atoms with Crippen molar-refractivity contribution in [2.24, 2.45) is 0 Å². The van der Waals surface area contributed by atoms with Crippen LogP contribution in [0.1, 0.15) is 27.0 Å². The maximum Gasteiger partial charge on any atom is 0.171 e. The van der Waals surface area contributed by atoms with Gasteiger partial charge in [-0.2, -0.15) is 0 Å². The van der Waals surface area contributed by atoms with Gasteiger partial charge in [-0.3, -0.25) is 4.79 Å². The van der Waals surface area contributed by atoms with Gasteiger partial charge in [0.1, 0.15) is 5.75 Å². The van der Waals surface area contributed by atoms with E-state index >= 15 is 0 Å². The quantitative estimate of drug-likeness (QED) is 0.797. The van der Waals surface area contributed by atoms with Crippen LogP contribution in [0.3, 0.4) is 0 Å². The summed E-state index contributed by atoms with van der Waals surface area (Å²) >= 11 is 6.09. The fraction of sp³-hybridized carbons (Fsp3) is 0.235. The maximum absolute atomic E-state index is 12.5. The van der Waals surface area contributed by atoms with Crippen molar-refractivity contribution < 1.29 is 9.53 Å². The maximum atomic E-state index is 12.5. The molecule has 1 heterocycles. The van der Waals surface area contributed by atoms with E-state index in [-0.39, 0.29) is 5.78 Å². The summed E-state index contributed by atoms with van der Waals surface area (Å²) < 4.78 is 5.58. The Labute approximate surface area is 123 Å². The van der Waals surface area contributed by atoms with Crippen molar-refractivity contribution in [1.82, 2.24) is 0 Å². The highest BCUT2D eigenvalue weighted by Gasteiger charge is 2.21. The molecule has 0 N–H and O–H groups in total. The van der Waals surface area contributed by atoms with Crippen molar-refractivity contribution >= 4 is 17.4 Å². The molecule has 0 atom stereocenters. The van der Waals surface area contributed by atoms with Crippen molar-refractivity contribution in [3.05, 3.63) is 63.7 Å². The summed E-state index contributed by atoms with van der Waals surface area (Å²) in [5.74, 6) is 0.765. The van der Waals surface area contributed by atoms with Crippen LogP contribution in [-0.4, -0.2) is 12.4 Å². The third-order valence-corrected chi connectivity index (χ3v) is 3.75. The number of benzene rings is 2. The molecule has 0 amide bonds. The number of hydrogen-bond acceptors (Lipinski definition) is 2. The Morgan fingerprint density at radius 3 is 2.75 bits per heavy atom. The Morgan fingerprint density at radius 1 is 1.25 bits per heavy atom. The standard InChI is InChI=1S/C17H15ClO2/c1-11-2-4-12(5-3-11)8-16(19)15-10-14(18)9-13-6-7-20-17(13)15/h2-5,9-10H,6-8H2,1H3. The fourth-order valence-corrected chi connectivity index (χ4v) is 2.70. The highest BCUT2D eigenvalue weighted by atomic mass is 35.5. The topological polar surface area (TPSA) is 26.3 Å².